The minimum atomic E-state index is 0.870. The van der Waals surface area contributed by atoms with Crippen LogP contribution in [0.4, 0.5) is 0 Å². The van der Waals surface area contributed by atoms with Gasteiger partial charge in [0.1, 0.15) is 0 Å². The average molecular weight is 527 g/mol. The van der Waals surface area contributed by atoms with Crippen molar-refractivity contribution in [1.82, 2.24) is 0 Å². The van der Waals surface area contributed by atoms with Crippen LogP contribution in [0.3, 0.4) is 0 Å². The highest BCUT2D eigenvalue weighted by Gasteiger charge is 2.39. The molecule has 0 heteroatoms. The van der Waals surface area contributed by atoms with Crippen LogP contribution in [-0.2, 0) is 0 Å². The molecule has 0 N–H and O–H groups in total. The molecule has 38 heavy (non-hydrogen) atoms. The van der Waals surface area contributed by atoms with Gasteiger partial charge in [-0.3, -0.25) is 0 Å². The number of allylic oxidation sites excluding steroid dienone is 1. The molecule has 3 saturated carbocycles. The van der Waals surface area contributed by atoms with Gasteiger partial charge in [-0.15, -0.1) is 0 Å². The second-order valence-electron chi connectivity index (χ2n) is 14.6. The first kappa shape index (κ1) is 32.3. The monoisotopic (exact) mass is 527 g/mol. The first-order valence-corrected chi connectivity index (χ1v) is 18.3. The summed E-state index contributed by atoms with van der Waals surface area (Å²) in [6, 6.07) is 0. The first-order valence-electron chi connectivity index (χ1n) is 18.3. The fraction of sp³-hybridized carbons (Fsp3) is 0.947. The van der Waals surface area contributed by atoms with Crippen LogP contribution in [0.15, 0.2) is 12.2 Å². The van der Waals surface area contributed by atoms with Gasteiger partial charge in [0, 0.05) is 0 Å². The third-order valence-corrected chi connectivity index (χ3v) is 11.7. The topological polar surface area (TPSA) is 0 Å². The SMILES string of the molecule is C=C1CCC(CCCCCCCCCCCCCC)C1CCCCC1CC1CC(C)C1CCCCC1CC. The summed E-state index contributed by atoms with van der Waals surface area (Å²) in [5.41, 5.74) is 1.62. The van der Waals surface area contributed by atoms with Gasteiger partial charge >= 0.3 is 0 Å². The zero-order chi connectivity index (χ0) is 27.0. The molecule has 0 aromatic carbocycles. The Morgan fingerprint density at radius 1 is 0.632 bits per heavy atom. The second-order valence-corrected chi connectivity index (χ2v) is 14.6. The summed E-state index contributed by atoms with van der Waals surface area (Å²) < 4.78 is 0. The molecule has 0 spiro atoms. The maximum Gasteiger partial charge on any atom is -0.0177 e. The normalized spacial score (nSPS) is 30.1. The van der Waals surface area contributed by atoms with Crippen LogP contribution in [-0.4, -0.2) is 0 Å². The number of hydrogen-bond donors (Lipinski definition) is 0. The van der Waals surface area contributed by atoms with Gasteiger partial charge in [-0.05, 0) is 86.4 Å². The molecular formula is C38H70. The Balaban J connectivity index is 1.17. The molecule has 0 amide bonds. The molecule has 0 aliphatic heterocycles. The molecule has 3 aliphatic carbocycles. The maximum atomic E-state index is 4.52. The van der Waals surface area contributed by atoms with E-state index in [4.69, 9.17) is 0 Å². The van der Waals surface area contributed by atoms with Gasteiger partial charge in [-0.1, -0.05) is 155 Å². The molecule has 0 aromatic rings. The Labute approximate surface area is 241 Å². The van der Waals surface area contributed by atoms with Crippen LogP contribution >= 0.6 is 0 Å². The smallest absolute Gasteiger partial charge is 0.0177 e. The lowest BCUT2D eigenvalue weighted by Crippen LogP contribution is -2.25. The van der Waals surface area contributed by atoms with Crippen LogP contribution < -0.4 is 0 Å². The highest BCUT2D eigenvalue weighted by molar-refractivity contribution is 5.08. The minimum Gasteiger partial charge on any atom is -0.0996 e. The highest BCUT2D eigenvalue weighted by atomic mass is 14.4. The van der Waals surface area contributed by atoms with E-state index in [1.54, 1.807) is 18.4 Å². The van der Waals surface area contributed by atoms with Gasteiger partial charge in [0.05, 0.1) is 0 Å². The lowest BCUT2D eigenvalue weighted by molar-refractivity contribution is 0.154. The third-order valence-electron chi connectivity index (χ3n) is 11.7. The van der Waals surface area contributed by atoms with Crippen molar-refractivity contribution < 1.29 is 0 Å². The number of unbranched alkanes of at least 4 members (excludes halogenated alkanes) is 12. The van der Waals surface area contributed by atoms with Crippen LogP contribution in [0.5, 0.6) is 0 Å². The Hall–Kier alpha value is -0.260. The zero-order valence-corrected chi connectivity index (χ0v) is 26.6. The molecule has 3 rings (SSSR count). The summed E-state index contributed by atoms with van der Waals surface area (Å²) in [5.74, 6) is 7.09. The van der Waals surface area contributed by atoms with E-state index in [0.717, 1.165) is 41.4 Å². The summed E-state index contributed by atoms with van der Waals surface area (Å²) in [7, 11) is 0. The van der Waals surface area contributed by atoms with Gasteiger partial charge in [0.15, 0.2) is 0 Å². The molecule has 7 unspecified atom stereocenters. The number of rotatable bonds is 22. The first-order chi connectivity index (χ1) is 18.6. The summed E-state index contributed by atoms with van der Waals surface area (Å²) in [6.07, 6.45) is 38.4. The van der Waals surface area contributed by atoms with Crippen molar-refractivity contribution in [1.29, 1.82) is 0 Å². The molecule has 0 radical (unpaired) electrons. The molecule has 0 nitrogen and oxygen atoms in total. The van der Waals surface area contributed by atoms with Gasteiger partial charge in [0.2, 0.25) is 0 Å². The molecule has 0 heterocycles. The fourth-order valence-electron chi connectivity index (χ4n) is 8.99. The van der Waals surface area contributed by atoms with Gasteiger partial charge in [0.25, 0.3) is 0 Å². The Morgan fingerprint density at radius 3 is 1.89 bits per heavy atom. The van der Waals surface area contributed by atoms with Gasteiger partial charge in [-0.25, -0.2) is 0 Å². The van der Waals surface area contributed by atoms with Crippen LogP contribution in [0.25, 0.3) is 0 Å². The van der Waals surface area contributed by atoms with E-state index in [0.29, 0.717) is 0 Å². The predicted molar refractivity (Wildman–Crippen MR) is 171 cm³/mol. The van der Waals surface area contributed by atoms with E-state index in [9.17, 15) is 0 Å². The predicted octanol–water partition coefficient (Wildman–Crippen LogP) is 13.1. The van der Waals surface area contributed by atoms with E-state index in [2.05, 4.69) is 27.4 Å². The Kier molecular flexibility index (Phi) is 16.1. The molecule has 3 fully saturated rings. The molecule has 222 valence electrons. The lowest BCUT2D eigenvalue weighted by atomic mass is 9.70. The Morgan fingerprint density at radius 2 is 1.21 bits per heavy atom. The van der Waals surface area contributed by atoms with Gasteiger partial charge in [-0.2, -0.15) is 0 Å². The minimum absolute atomic E-state index is 0.870. The summed E-state index contributed by atoms with van der Waals surface area (Å²) in [4.78, 5) is 0. The molecular weight excluding hydrogens is 456 g/mol. The quantitative estimate of drug-likeness (QED) is 0.0971. The third kappa shape index (κ3) is 11.7. The van der Waals surface area contributed by atoms with Crippen molar-refractivity contribution in [2.24, 2.45) is 41.4 Å². The van der Waals surface area contributed by atoms with Gasteiger partial charge < -0.3 is 0 Å². The highest BCUT2D eigenvalue weighted by Crippen LogP contribution is 2.50. The molecule has 0 bridgehead atoms. The van der Waals surface area contributed by atoms with Crippen molar-refractivity contribution >= 4 is 0 Å². The molecule has 7 atom stereocenters. The van der Waals surface area contributed by atoms with E-state index in [1.165, 1.54) is 154 Å². The fourth-order valence-corrected chi connectivity index (χ4v) is 8.99. The van der Waals surface area contributed by atoms with Crippen molar-refractivity contribution in [2.45, 2.75) is 188 Å². The van der Waals surface area contributed by atoms with E-state index in [1.807, 2.05) is 0 Å². The van der Waals surface area contributed by atoms with E-state index < -0.39 is 0 Å². The zero-order valence-electron chi connectivity index (χ0n) is 26.6. The van der Waals surface area contributed by atoms with Crippen molar-refractivity contribution in [3.05, 3.63) is 12.2 Å². The lowest BCUT2D eigenvalue weighted by Gasteiger charge is -2.35. The molecule has 0 saturated heterocycles. The largest absolute Gasteiger partial charge is 0.0996 e. The van der Waals surface area contributed by atoms with Crippen molar-refractivity contribution in [2.75, 3.05) is 0 Å². The number of hydrogen-bond acceptors (Lipinski definition) is 0. The van der Waals surface area contributed by atoms with Crippen molar-refractivity contribution in [3.8, 4) is 0 Å². The van der Waals surface area contributed by atoms with Crippen LogP contribution in [0.2, 0.25) is 0 Å². The summed E-state index contributed by atoms with van der Waals surface area (Å²) in [6.45, 7) is 11.9. The summed E-state index contributed by atoms with van der Waals surface area (Å²) >= 11 is 0. The second kappa shape index (κ2) is 19.0. The standard InChI is InChI=1S/C38H70/c1-5-7-8-9-10-11-12-13-14-15-16-17-23-34-28-27-31(3)37(34)25-21-19-24-35-30-36(35)29-32(4)38-26-20-18-22-33(38)6-2/h32-38H,3,5-30H2,1-2,4H3. The Bertz CT molecular complexity index is 603. The van der Waals surface area contributed by atoms with Crippen LogP contribution in [0.1, 0.15) is 188 Å². The maximum absolute atomic E-state index is 4.52. The summed E-state index contributed by atoms with van der Waals surface area (Å²) in [5, 5.41) is 0. The average Bonchev–Trinajstić information content (AvgIpc) is 3.58. The van der Waals surface area contributed by atoms with E-state index >= 15 is 0 Å². The van der Waals surface area contributed by atoms with Crippen LogP contribution in [0, 0.1) is 41.4 Å². The molecule has 3 aliphatic rings. The van der Waals surface area contributed by atoms with Crippen molar-refractivity contribution in [3.63, 3.8) is 0 Å². The van der Waals surface area contributed by atoms with E-state index in [-0.39, 0.29) is 0 Å². The molecule has 0 aromatic heterocycles.